The van der Waals surface area contributed by atoms with E-state index in [2.05, 4.69) is 4.74 Å². The van der Waals surface area contributed by atoms with Crippen molar-refractivity contribution < 1.29 is 14.3 Å². The van der Waals surface area contributed by atoms with Gasteiger partial charge in [0, 0.05) is 0 Å². The summed E-state index contributed by atoms with van der Waals surface area (Å²) in [6.45, 7) is 1.47. The molecule has 3 heteroatoms. The van der Waals surface area contributed by atoms with Gasteiger partial charge in [-0.25, -0.2) is 4.79 Å². The van der Waals surface area contributed by atoms with Crippen molar-refractivity contribution in [3.05, 3.63) is 41.5 Å². The lowest BCUT2D eigenvalue weighted by atomic mass is 10.1. The molecule has 0 saturated heterocycles. The molecule has 0 radical (unpaired) electrons. The van der Waals surface area contributed by atoms with E-state index in [1.54, 1.807) is 24.3 Å². The second-order valence-electron chi connectivity index (χ2n) is 3.06. The summed E-state index contributed by atoms with van der Waals surface area (Å²) >= 11 is 0. The van der Waals surface area contributed by atoms with Gasteiger partial charge in [-0.15, -0.1) is 0 Å². The van der Waals surface area contributed by atoms with Crippen molar-refractivity contribution in [1.29, 1.82) is 0 Å². The van der Waals surface area contributed by atoms with Crippen molar-refractivity contribution in [3.63, 3.8) is 0 Å². The van der Waals surface area contributed by atoms with Crippen LogP contribution < -0.4 is 0 Å². The lowest BCUT2D eigenvalue weighted by molar-refractivity contribution is -0.112. The quantitative estimate of drug-likeness (QED) is 0.559. The molecule has 0 fully saturated rings. The molecule has 15 heavy (non-hydrogen) atoms. The Morgan fingerprint density at radius 1 is 1.33 bits per heavy atom. The second-order valence-corrected chi connectivity index (χ2v) is 3.06. The number of rotatable bonds is 3. The van der Waals surface area contributed by atoms with Crippen LogP contribution in [0.5, 0.6) is 0 Å². The van der Waals surface area contributed by atoms with Gasteiger partial charge in [-0.1, -0.05) is 18.2 Å². The first-order valence-electron chi connectivity index (χ1n) is 4.50. The molecule has 0 aromatic heterocycles. The molecule has 0 amide bonds. The zero-order valence-corrected chi connectivity index (χ0v) is 8.69. The van der Waals surface area contributed by atoms with Crippen LogP contribution in [0.2, 0.25) is 0 Å². The number of carbonyl (C=O) groups excluding carboxylic acids is 2. The predicted molar refractivity (Wildman–Crippen MR) is 57.5 cm³/mol. The maximum Gasteiger partial charge on any atom is 0.337 e. The topological polar surface area (TPSA) is 43.4 Å². The van der Waals surface area contributed by atoms with Gasteiger partial charge in [-0.2, -0.15) is 0 Å². The Morgan fingerprint density at radius 3 is 2.67 bits per heavy atom. The van der Waals surface area contributed by atoms with Crippen molar-refractivity contribution in [3.8, 4) is 0 Å². The van der Waals surface area contributed by atoms with Crippen molar-refractivity contribution in [2.45, 2.75) is 6.92 Å². The molecule has 0 aliphatic heterocycles. The summed E-state index contributed by atoms with van der Waals surface area (Å²) in [6, 6.07) is 6.89. The lowest BCUT2D eigenvalue weighted by Crippen LogP contribution is -2.00. The SMILES string of the molecule is COC(=O)c1cccc(C=CC(C)=O)c1. The average molecular weight is 204 g/mol. The van der Waals surface area contributed by atoms with E-state index in [0.29, 0.717) is 5.56 Å². The molecule has 0 aliphatic rings. The van der Waals surface area contributed by atoms with Crippen LogP contribution in [-0.4, -0.2) is 18.9 Å². The van der Waals surface area contributed by atoms with Crippen molar-refractivity contribution in [1.82, 2.24) is 0 Å². The number of hydrogen-bond donors (Lipinski definition) is 0. The van der Waals surface area contributed by atoms with Gasteiger partial charge in [-0.3, -0.25) is 4.79 Å². The highest BCUT2D eigenvalue weighted by atomic mass is 16.5. The predicted octanol–water partition coefficient (Wildman–Crippen LogP) is 2.08. The van der Waals surface area contributed by atoms with Gasteiger partial charge in [0.1, 0.15) is 0 Å². The Bertz CT molecular complexity index is 405. The van der Waals surface area contributed by atoms with Gasteiger partial charge in [0.2, 0.25) is 0 Å². The van der Waals surface area contributed by atoms with E-state index in [1.165, 1.54) is 20.1 Å². The molecule has 3 nitrogen and oxygen atoms in total. The van der Waals surface area contributed by atoms with Crippen LogP contribution in [-0.2, 0) is 9.53 Å². The minimum Gasteiger partial charge on any atom is -0.465 e. The zero-order chi connectivity index (χ0) is 11.3. The van der Waals surface area contributed by atoms with Crippen LogP contribution in [0.15, 0.2) is 30.3 Å². The summed E-state index contributed by atoms with van der Waals surface area (Å²) < 4.78 is 4.59. The normalized spacial score (nSPS) is 10.3. The molecule has 1 rings (SSSR count). The number of benzene rings is 1. The molecular weight excluding hydrogens is 192 g/mol. The molecule has 0 spiro atoms. The zero-order valence-electron chi connectivity index (χ0n) is 8.69. The highest BCUT2D eigenvalue weighted by molar-refractivity contribution is 5.93. The largest absolute Gasteiger partial charge is 0.465 e. The summed E-state index contributed by atoms with van der Waals surface area (Å²) in [4.78, 5) is 21.9. The van der Waals surface area contributed by atoms with Crippen LogP contribution >= 0.6 is 0 Å². The van der Waals surface area contributed by atoms with Gasteiger partial charge < -0.3 is 4.74 Å². The number of allylic oxidation sites excluding steroid dienone is 1. The number of ketones is 1. The van der Waals surface area contributed by atoms with Gasteiger partial charge >= 0.3 is 5.97 Å². The molecule has 0 heterocycles. The van der Waals surface area contributed by atoms with Gasteiger partial charge in [0.05, 0.1) is 12.7 Å². The Kier molecular flexibility index (Phi) is 3.80. The van der Waals surface area contributed by atoms with Crippen molar-refractivity contribution in [2.24, 2.45) is 0 Å². The Hall–Kier alpha value is -1.90. The highest BCUT2D eigenvalue weighted by Gasteiger charge is 2.03. The molecule has 0 bridgehead atoms. The average Bonchev–Trinajstić information content (AvgIpc) is 2.25. The third-order valence-corrected chi connectivity index (χ3v) is 1.82. The Labute approximate surface area is 88.4 Å². The first kappa shape index (κ1) is 11.2. The standard InChI is InChI=1S/C12H12O3/c1-9(13)6-7-10-4-3-5-11(8-10)12(14)15-2/h3-8H,1-2H3. The minimum atomic E-state index is -0.381. The fourth-order valence-corrected chi connectivity index (χ4v) is 1.10. The molecule has 0 atom stereocenters. The maximum absolute atomic E-state index is 11.2. The van der Waals surface area contributed by atoms with E-state index < -0.39 is 0 Å². The van der Waals surface area contributed by atoms with Gasteiger partial charge in [-0.05, 0) is 30.7 Å². The minimum absolute atomic E-state index is 0.0292. The summed E-state index contributed by atoms with van der Waals surface area (Å²) in [6.07, 6.45) is 3.12. The fourth-order valence-electron chi connectivity index (χ4n) is 1.10. The fraction of sp³-hybridized carbons (Fsp3) is 0.167. The maximum atomic E-state index is 11.2. The van der Waals surface area contributed by atoms with Crippen molar-refractivity contribution in [2.75, 3.05) is 7.11 Å². The number of carbonyl (C=O) groups is 2. The van der Waals surface area contributed by atoms with Crippen LogP contribution in [0.4, 0.5) is 0 Å². The Morgan fingerprint density at radius 2 is 2.07 bits per heavy atom. The first-order valence-corrected chi connectivity index (χ1v) is 4.50. The summed E-state index contributed by atoms with van der Waals surface area (Å²) in [5.41, 5.74) is 1.27. The molecule has 0 unspecified atom stereocenters. The van der Waals surface area contributed by atoms with Crippen LogP contribution in [0.25, 0.3) is 6.08 Å². The smallest absolute Gasteiger partial charge is 0.337 e. The number of esters is 1. The van der Waals surface area contributed by atoms with Gasteiger partial charge in [0.25, 0.3) is 0 Å². The number of hydrogen-bond acceptors (Lipinski definition) is 3. The summed E-state index contributed by atoms with van der Waals surface area (Å²) in [5.74, 6) is -0.411. The van der Waals surface area contributed by atoms with E-state index >= 15 is 0 Å². The third-order valence-electron chi connectivity index (χ3n) is 1.82. The Balaban J connectivity index is 2.92. The molecule has 0 N–H and O–H groups in total. The molecular formula is C12H12O3. The van der Waals surface area contributed by atoms with E-state index in [-0.39, 0.29) is 11.8 Å². The molecule has 0 saturated carbocycles. The molecule has 78 valence electrons. The molecule has 0 aliphatic carbocycles. The third kappa shape index (κ3) is 3.38. The lowest BCUT2D eigenvalue weighted by Gasteiger charge is -1.99. The van der Waals surface area contributed by atoms with E-state index in [1.807, 2.05) is 6.07 Å². The highest BCUT2D eigenvalue weighted by Crippen LogP contribution is 2.08. The summed E-state index contributed by atoms with van der Waals surface area (Å²) in [5, 5.41) is 0. The molecule has 1 aromatic carbocycles. The number of methoxy groups -OCH3 is 1. The first-order chi connectivity index (χ1) is 7.13. The van der Waals surface area contributed by atoms with Crippen molar-refractivity contribution >= 4 is 17.8 Å². The van der Waals surface area contributed by atoms with E-state index in [4.69, 9.17) is 0 Å². The van der Waals surface area contributed by atoms with Crippen LogP contribution in [0, 0.1) is 0 Å². The monoisotopic (exact) mass is 204 g/mol. The van der Waals surface area contributed by atoms with Gasteiger partial charge in [0.15, 0.2) is 5.78 Å². The van der Waals surface area contributed by atoms with E-state index in [0.717, 1.165) is 5.56 Å². The second kappa shape index (κ2) is 5.10. The number of ether oxygens (including phenoxy) is 1. The van der Waals surface area contributed by atoms with E-state index in [9.17, 15) is 9.59 Å². The van der Waals surface area contributed by atoms with Crippen LogP contribution in [0.3, 0.4) is 0 Å². The summed E-state index contributed by atoms with van der Waals surface area (Å²) in [7, 11) is 1.33. The molecule has 1 aromatic rings. The van der Waals surface area contributed by atoms with Crippen LogP contribution in [0.1, 0.15) is 22.8 Å².